The fourth-order valence-electron chi connectivity index (χ4n) is 2.09. The zero-order valence-corrected chi connectivity index (χ0v) is 12.7. The van der Waals surface area contributed by atoms with Crippen LogP contribution in [0.4, 0.5) is 5.69 Å². The van der Waals surface area contributed by atoms with Crippen molar-refractivity contribution in [1.29, 1.82) is 0 Å². The minimum Gasteiger partial charge on any atom is -0.387 e. The van der Waals surface area contributed by atoms with Gasteiger partial charge in [0, 0.05) is 33.5 Å². The Bertz CT molecular complexity index is 423. The van der Waals surface area contributed by atoms with Crippen molar-refractivity contribution >= 4 is 11.6 Å². The summed E-state index contributed by atoms with van der Waals surface area (Å²) in [6, 6.07) is 7.48. The van der Waals surface area contributed by atoms with E-state index < -0.39 is 0 Å². The van der Waals surface area contributed by atoms with E-state index in [2.05, 4.69) is 5.32 Å². The molecule has 1 unspecified atom stereocenters. The Hall–Kier alpha value is -1.59. The minimum atomic E-state index is -0.0171. The highest BCUT2D eigenvalue weighted by Gasteiger charge is 2.22. The van der Waals surface area contributed by atoms with Crippen molar-refractivity contribution in [2.75, 3.05) is 46.3 Å². The van der Waals surface area contributed by atoms with Crippen molar-refractivity contribution in [2.24, 2.45) is 0 Å². The van der Waals surface area contributed by atoms with Crippen LogP contribution in [0, 0.1) is 0 Å². The Morgan fingerprint density at radius 1 is 1.30 bits per heavy atom. The van der Waals surface area contributed by atoms with E-state index in [0.717, 1.165) is 5.69 Å². The molecule has 0 spiro atoms. The van der Waals surface area contributed by atoms with E-state index in [-0.39, 0.29) is 11.9 Å². The number of ether oxygens (including phenoxy) is 2. The van der Waals surface area contributed by atoms with Crippen LogP contribution in [0.3, 0.4) is 0 Å². The number of carbonyl (C=O) groups is 1. The maximum atomic E-state index is 12.7. The smallest absolute Gasteiger partial charge is 0.256 e. The van der Waals surface area contributed by atoms with E-state index in [0.29, 0.717) is 25.3 Å². The molecule has 5 nitrogen and oxygen atoms in total. The van der Waals surface area contributed by atoms with Crippen molar-refractivity contribution < 1.29 is 14.3 Å². The van der Waals surface area contributed by atoms with Gasteiger partial charge in [0.1, 0.15) is 0 Å². The van der Waals surface area contributed by atoms with Gasteiger partial charge in [0.25, 0.3) is 5.91 Å². The van der Waals surface area contributed by atoms with Gasteiger partial charge in [0.2, 0.25) is 0 Å². The van der Waals surface area contributed by atoms with E-state index in [4.69, 9.17) is 9.47 Å². The van der Waals surface area contributed by atoms with Crippen molar-refractivity contribution in [2.45, 2.75) is 13.0 Å². The lowest BCUT2D eigenvalue weighted by Crippen LogP contribution is -2.43. The van der Waals surface area contributed by atoms with E-state index >= 15 is 0 Å². The number of amides is 1. The molecular formula is C15H24N2O3. The number of para-hydroxylation sites is 1. The third-order valence-corrected chi connectivity index (χ3v) is 3.16. The lowest BCUT2D eigenvalue weighted by molar-refractivity contribution is 0.0480. The van der Waals surface area contributed by atoms with Crippen LogP contribution in [-0.2, 0) is 9.47 Å². The molecule has 5 heteroatoms. The first-order valence-electron chi connectivity index (χ1n) is 6.71. The number of rotatable bonds is 8. The summed E-state index contributed by atoms with van der Waals surface area (Å²) >= 11 is 0. The molecule has 1 rings (SSSR count). The maximum absolute atomic E-state index is 12.7. The van der Waals surface area contributed by atoms with Gasteiger partial charge < -0.3 is 19.7 Å². The van der Waals surface area contributed by atoms with Crippen LogP contribution in [0.2, 0.25) is 0 Å². The Morgan fingerprint density at radius 3 is 2.60 bits per heavy atom. The molecule has 0 bridgehead atoms. The second-order valence-corrected chi connectivity index (χ2v) is 4.59. The largest absolute Gasteiger partial charge is 0.387 e. The van der Waals surface area contributed by atoms with E-state index in [9.17, 15) is 4.79 Å². The highest BCUT2D eigenvalue weighted by Crippen LogP contribution is 2.18. The quantitative estimate of drug-likeness (QED) is 0.789. The standard InChI is InChI=1S/C15H24N2O3/c1-12(11-20-4)17(9-10-19-3)15(18)13-7-5-6-8-14(13)16-2/h5-8,12,16H,9-11H2,1-4H3. The Kier molecular flexibility index (Phi) is 7.04. The number of anilines is 1. The molecule has 1 aromatic carbocycles. The molecule has 0 aliphatic rings. The maximum Gasteiger partial charge on any atom is 0.256 e. The molecule has 112 valence electrons. The van der Waals surface area contributed by atoms with Crippen LogP contribution in [0.15, 0.2) is 24.3 Å². The van der Waals surface area contributed by atoms with Crippen LogP contribution in [-0.4, -0.2) is 57.9 Å². The molecule has 20 heavy (non-hydrogen) atoms. The summed E-state index contributed by atoms with van der Waals surface area (Å²) in [4.78, 5) is 14.5. The zero-order chi connectivity index (χ0) is 15.0. The number of nitrogens with zero attached hydrogens (tertiary/aromatic N) is 1. The second kappa shape index (κ2) is 8.55. The molecule has 0 radical (unpaired) electrons. The number of methoxy groups -OCH3 is 2. The van der Waals surface area contributed by atoms with Crippen molar-refractivity contribution in [3.63, 3.8) is 0 Å². The van der Waals surface area contributed by atoms with Crippen LogP contribution in [0.1, 0.15) is 17.3 Å². The average Bonchev–Trinajstić information content (AvgIpc) is 2.47. The van der Waals surface area contributed by atoms with Gasteiger partial charge in [-0.3, -0.25) is 4.79 Å². The van der Waals surface area contributed by atoms with Crippen LogP contribution >= 0.6 is 0 Å². The Labute approximate surface area is 120 Å². The Balaban J connectivity index is 2.96. The molecular weight excluding hydrogens is 256 g/mol. The molecule has 1 atom stereocenters. The monoisotopic (exact) mass is 280 g/mol. The van der Waals surface area contributed by atoms with Gasteiger partial charge in [-0.25, -0.2) is 0 Å². The second-order valence-electron chi connectivity index (χ2n) is 4.59. The van der Waals surface area contributed by atoms with Crippen molar-refractivity contribution in [3.05, 3.63) is 29.8 Å². The summed E-state index contributed by atoms with van der Waals surface area (Å²) in [5.74, 6) is -0.0171. The summed E-state index contributed by atoms with van der Waals surface area (Å²) in [6.45, 7) is 3.51. The number of hydrogen-bond donors (Lipinski definition) is 1. The first kappa shape index (κ1) is 16.5. The lowest BCUT2D eigenvalue weighted by atomic mass is 10.1. The highest BCUT2D eigenvalue weighted by atomic mass is 16.5. The fourth-order valence-corrected chi connectivity index (χ4v) is 2.09. The number of nitrogens with one attached hydrogen (secondary N) is 1. The van der Waals surface area contributed by atoms with Crippen molar-refractivity contribution in [1.82, 2.24) is 4.90 Å². The minimum absolute atomic E-state index is 0.00689. The van der Waals surface area contributed by atoms with Gasteiger partial charge in [-0.2, -0.15) is 0 Å². The van der Waals surface area contributed by atoms with E-state index in [1.54, 1.807) is 19.1 Å². The molecule has 1 N–H and O–H groups in total. The molecule has 0 heterocycles. The summed E-state index contributed by atoms with van der Waals surface area (Å²) in [6.07, 6.45) is 0. The molecule has 0 fully saturated rings. The molecule has 0 saturated heterocycles. The first-order valence-corrected chi connectivity index (χ1v) is 6.71. The molecule has 0 saturated carbocycles. The molecule has 0 aliphatic carbocycles. The summed E-state index contributed by atoms with van der Waals surface area (Å²) in [7, 11) is 5.08. The topological polar surface area (TPSA) is 50.8 Å². The van der Waals surface area contributed by atoms with Crippen LogP contribution in [0.5, 0.6) is 0 Å². The van der Waals surface area contributed by atoms with Gasteiger partial charge >= 0.3 is 0 Å². The fraction of sp³-hybridized carbons (Fsp3) is 0.533. The van der Waals surface area contributed by atoms with Gasteiger partial charge in [0.05, 0.1) is 24.8 Å². The van der Waals surface area contributed by atoms with Gasteiger partial charge in [0.15, 0.2) is 0 Å². The summed E-state index contributed by atoms with van der Waals surface area (Å²) in [5, 5.41) is 3.05. The average molecular weight is 280 g/mol. The zero-order valence-electron chi connectivity index (χ0n) is 12.7. The summed E-state index contributed by atoms with van der Waals surface area (Å²) in [5.41, 5.74) is 1.48. The van der Waals surface area contributed by atoms with Gasteiger partial charge in [-0.15, -0.1) is 0 Å². The molecule has 0 aromatic heterocycles. The molecule has 1 aromatic rings. The molecule has 1 amide bonds. The number of carbonyl (C=O) groups excluding carboxylic acids is 1. The molecule has 0 aliphatic heterocycles. The third-order valence-electron chi connectivity index (χ3n) is 3.16. The van der Waals surface area contributed by atoms with E-state index in [1.807, 2.05) is 38.2 Å². The summed E-state index contributed by atoms with van der Waals surface area (Å²) < 4.78 is 10.2. The number of hydrogen-bond acceptors (Lipinski definition) is 4. The SMILES string of the molecule is CNc1ccccc1C(=O)N(CCOC)C(C)COC. The van der Waals surface area contributed by atoms with Gasteiger partial charge in [-0.05, 0) is 19.1 Å². The normalized spacial score (nSPS) is 12.0. The van der Waals surface area contributed by atoms with Crippen LogP contribution < -0.4 is 5.32 Å². The highest BCUT2D eigenvalue weighted by molar-refractivity contribution is 5.99. The number of benzene rings is 1. The first-order chi connectivity index (χ1) is 9.65. The van der Waals surface area contributed by atoms with E-state index in [1.165, 1.54) is 0 Å². The van der Waals surface area contributed by atoms with Crippen molar-refractivity contribution in [3.8, 4) is 0 Å². The van der Waals surface area contributed by atoms with Crippen LogP contribution in [0.25, 0.3) is 0 Å². The lowest BCUT2D eigenvalue weighted by Gasteiger charge is -2.29. The van der Waals surface area contributed by atoms with Gasteiger partial charge in [-0.1, -0.05) is 12.1 Å². The Morgan fingerprint density at radius 2 is 2.00 bits per heavy atom. The predicted molar refractivity (Wildman–Crippen MR) is 80.2 cm³/mol. The third kappa shape index (κ3) is 4.21. The predicted octanol–water partition coefficient (Wildman–Crippen LogP) is 1.85.